The summed E-state index contributed by atoms with van der Waals surface area (Å²) in [6.07, 6.45) is -3.87. The fourth-order valence-corrected chi connectivity index (χ4v) is 3.21. The summed E-state index contributed by atoms with van der Waals surface area (Å²) in [6, 6.07) is 4.39. The van der Waals surface area contributed by atoms with Gasteiger partial charge in [-0.3, -0.25) is 10.1 Å². The molecule has 0 radical (unpaired) electrons. The van der Waals surface area contributed by atoms with Crippen LogP contribution in [-0.4, -0.2) is 28.8 Å². The van der Waals surface area contributed by atoms with E-state index in [1.165, 1.54) is 18.2 Å². The van der Waals surface area contributed by atoms with E-state index in [0.29, 0.717) is 38.8 Å². The second kappa shape index (κ2) is 6.94. The van der Waals surface area contributed by atoms with Gasteiger partial charge in [0.2, 0.25) is 0 Å². The second-order valence-electron chi connectivity index (χ2n) is 5.42. The number of thiazole rings is 1. The lowest BCUT2D eigenvalue weighted by molar-refractivity contribution is -0.153. The molecule has 0 fully saturated rings. The average molecular weight is 385 g/mol. The van der Waals surface area contributed by atoms with E-state index in [-0.39, 0.29) is 5.75 Å². The van der Waals surface area contributed by atoms with Crippen LogP contribution in [0.5, 0.6) is 5.75 Å². The smallest absolute Gasteiger partial charge is 0.422 e. The molecule has 138 valence electrons. The maximum Gasteiger partial charge on any atom is 0.422 e. The number of nitrogens with zero attached hydrogens (tertiary/aromatic N) is 2. The molecule has 0 spiro atoms. The van der Waals surface area contributed by atoms with Crippen LogP contribution in [0.3, 0.4) is 0 Å². The number of ether oxygens (including phenoxy) is 1. The van der Waals surface area contributed by atoms with E-state index in [2.05, 4.69) is 15.5 Å². The quantitative estimate of drug-likeness (QED) is 0.707. The molecule has 1 amide bonds. The fourth-order valence-electron chi connectivity index (χ4n) is 2.32. The Kier molecular flexibility index (Phi) is 4.86. The number of hydrogen-bond donors (Lipinski definition) is 1. The van der Waals surface area contributed by atoms with Gasteiger partial charge in [-0.2, -0.15) is 13.2 Å². The summed E-state index contributed by atoms with van der Waals surface area (Å²) in [5.41, 5.74) is 1.45. The maximum atomic E-state index is 12.4. The Hall–Kier alpha value is -2.62. The van der Waals surface area contributed by atoms with Crippen LogP contribution >= 0.6 is 11.3 Å². The molecular formula is C16H14F3N3O3S. The van der Waals surface area contributed by atoms with Gasteiger partial charge in [0.25, 0.3) is 5.91 Å². The number of halogens is 3. The van der Waals surface area contributed by atoms with Crippen LogP contribution in [0.2, 0.25) is 0 Å². The summed E-state index contributed by atoms with van der Waals surface area (Å²) in [4.78, 5) is 16.7. The Morgan fingerprint density at radius 2 is 2.15 bits per heavy atom. The summed E-state index contributed by atoms with van der Waals surface area (Å²) in [5.74, 6) is 0.0935. The minimum atomic E-state index is -4.41. The highest BCUT2D eigenvalue weighted by Gasteiger charge is 2.28. The summed E-state index contributed by atoms with van der Waals surface area (Å²) in [6.45, 7) is 2.13. The first kappa shape index (κ1) is 18.2. The molecule has 0 unspecified atom stereocenters. The Morgan fingerprint density at radius 3 is 2.85 bits per heavy atom. The zero-order chi connectivity index (χ0) is 18.9. The van der Waals surface area contributed by atoms with E-state index in [1.54, 1.807) is 6.92 Å². The first-order valence-corrected chi connectivity index (χ1v) is 8.45. The largest absolute Gasteiger partial charge is 0.484 e. The van der Waals surface area contributed by atoms with Gasteiger partial charge in [0.15, 0.2) is 11.7 Å². The summed E-state index contributed by atoms with van der Waals surface area (Å²) >= 11 is 1.13. The first-order chi connectivity index (χ1) is 12.3. The summed E-state index contributed by atoms with van der Waals surface area (Å²) < 4.78 is 47.1. The Morgan fingerprint density at radius 1 is 1.38 bits per heavy atom. The standard InChI is InChI=1S/C16H14F3N3O3S/c1-3-10-13(8(2)25-22-10)14(23)21-15-20-11-5-4-9(6-12(11)26-15)24-7-16(17,18)19/h4-6H,3,7H2,1-2H3,(H,20,21,23). The van der Waals surface area contributed by atoms with E-state index in [1.807, 2.05) is 6.92 Å². The van der Waals surface area contributed by atoms with Crippen LogP contribution in [0.4, 0.5) is 18.3 Å². The molecule has 0 aliphatic carbocycles. The van der Waals surface area contributed by atoms with Gasteiger partial charge in [0.1, 0.15) is 17.1 Å². The lowest BCUT2D eigenvalue weighted by atomic mass is 10.1. The Labute approximate surface area is 150 Å². The van der Waals surface area contributed by atoms with Crippen LogP contribution in [0.15, 0.2) is 22.7 Å². The van der Waals surface area contributed by atoms with E-state index < -0.39 is 18.7 Å². The van der Waals surface area contributed by atoms with Crippen molar-refractivity contribution >= 4 is 32.6 Å². The van der Waals surface area contributed by atoms with Crippen molar-refractivity contribution in [2.45, 2.75) is 26.4 Å². The second-order valence-corrected chi connectivity index (χ2v) is 6.45. The lowest BCUT2D eigenvalue weighted by Crippen LogP contribution is -2.19. The molecule has 1 N–H and O–H groups in total. The number of alkyl halides is 3. The number of carbonyl (C=O) groups is 1. The molecule has 10 heteroatoms. The Balaban J connectivity index is 1.78. The third-order valence-electron chi connectivity index (χ3n) is 3.48. The number of fused-ring (bicyclic) bond motifs is 1. The normalized spacial score (nSPS) is 11.7. The van der Waals surface area contributed by atoms with Crippen LogP contribution < -0.4 is 10.1 Å². The monoisotopic (exact) mass is 385 g/mol. The number of aromatic nitrogens is 2. The average Bonchev–Trinajstić information content (AvgIpc) is 3.13. The number of rotatable bonds is 5. The van der Waals surface area contributed by atoms with Crippen LogP contribution in [-0.2, 0) is 6.42 Å². The molecule has 1 aromatic carbocycles. The molecule has 0 aliphatic heterocycles. The van der Waals surface area contributed by atoms with Gasteiger partial charge >= 0.3 is 6.18 Å². The number of aryl methyl sites for hydroxylation is 2. The van der Waals surface area contributed by atoms with Crippen molar-refractivity contribution in [2.24, 2.45) is 0 Å². The van der Waals surface area contributed by atoms with Gasteiger partial charge in [-0.25, -0.2) is 4.98 Å². The van der Waals surface area contributed by atoms with Crippen molar-refractivity contribution in [2.75, 3.05) is 11.9 Å². The molecule has 0 saturated carbocycles. The molecule has 26 heavy (non-hydrogen) atoms. The third kappa shape index (κ3) is 3.96. The molecule has 0 bridgehead atoms. The summed E-state index contributed by atoms with van der Waals surface area (Å²) in [5, 5.41) is 6.82. The van der Waals surface area contributed by atoms with Gasteiger partial charge in [-0.15, -0.1) is 0 Å². The minimum absolute atomic E-state index is 0.0829. The number of hydrogen-bond acceptors (Lipinski definition) is 6. The number of nitrogens with one attached hydrogen (secondary N) is 1. The molecule has 0 saturated heterocycles. The van der Waals surface area contributed by atoms with Crippen LogP contribution in [0, 0.1) is 6.92 Å². The van der Waals surface area contributed by atoms with Crippen molar-refractivity contribution in [3.8, 4) is 5.75 Å². The van der Waals surface area contributed by atoms with Gasteiger partial charge in [0.05, 0.1) is 15.9 Å². The van der Waals surface area contributed by atoms with E-state index >= 15 is 0 Å². The van der Waals surface area contributed by atoms with Crippen molar-refractivity contribution in [1.29, 1.82) is 0 Å². The fraction of sp³-hybridized carbons (Fsp3) is 0.312. The van der Waals surface area contributed by atoms with E-state index in [0.717, 1.165) is 11.3 Å². The van der Waals surface area contributed by atoms with Crippen molar-refractivity contribution in [1.82, 2.24) is 10.1 Å². The van der Waals surface area contributed by atoms with Gasteiger partial charge < -0.3 is 9.26 Å². The molecule has 3 rings (SSSR count). The third-order valence-corrected chi connectivity index (χ3v) is 4.41. The summed E-state index contributed by atoms with van der Waals surface area (Å²) in [7, 11) is 0. The SMILES string of the molecule is CCc1noc(C)c1C(=O)Nc1nc2ccc(OCC(F)(F)F)cc2s1. The zero-order valence-electron chi connectivity index (χ0n) is 13.8. The van der Waals surface area contributed by atoms with Crippen molar-refractivity contribution in [3.05, 3.63) is 35.2 Å². The maximum absolute atomic E-state index is 12.4. The number of anilines is 1. The van der Waals surface area contributed by atoms with Gasteiger partial charge in [0, 0.05) is 0 Å². The van der Waals surface area contributed by atoms with E-state index in [4.69, 9.17) is 9.26 Å². The predicted octanol–water partition coefficient (Wildman–Crippen LogP) is 4.35. The minimum Gasteiger partial charge on any atom is -0.484 e. The zero-order valence-corrected chi connectivity index (χ0v) is 14.6. The molecule has 2 aromatic heterocycles. The molecular weight excluding hydrogens is 371 g/mol. The topological polar surface area (TPSA) is 77.3 Å². The lowest BCUT2D eigenvalue weighted by Gasteiger charge is -2.08. The molecule has 3 aromatic rings. The van der Waals surface area contributed by atoms with Crippen LogP contribution in [0.1, 0.15) is 28.7 Å². The first-order valence-electron chi connectivity index (χ1n) is 7.63. The van der Waals surface area contributed by atoms with E-state index in [9.17, 15) is 18.0 Å². The number of carbonyl (C=O) groups excluding carboxylic acids is 1. The van der Waals surface area contributed by atoms with Crippen molar-refractivity contribution < 1.29 is 27.2 Å². The van der Waals surface area contributed by atoms with Crippen molar-refractivity contribution in [3.63, 3.8) is 0 Å². The number of amides is 1. The van der Waals surface area contributed by atoms with Crippen LogP contribution in [0.25, 0.3) is 10.2 Å². The predicted molar refractivity (Wildman–Crippen MR) is 89.7 cm³/mol. The highest BCUT2D eigenvalue weighted by Crippen LogP contribution is 2.30. The number of benzene rings is 1. The Bertz CT molecular complexity index is 949. The molecule has 0 atom stereocenters. The molecule has 2 heterocycles. The van der Waals surface area contributed by atoms with Gasteiger partial charge in [-0.05, 0) is 31.5 Å². The highest BCUT2D eigenvalue weighted by molar-refractivity contribution is 7.22. The highest BCUT2D eigenvalue weighted by atomic mass is 32.1. The molecule has 6 nitrogen and oxygen atoms in total. The van der Waals surface area contributed by atoms with Gasteiger partial charge in [-0.1, -0.05) is 23.4 Å². The molecule has 0 aliphatic rings.